The monoisotopic (exact) mass is 154 g/mol. The molecule has 64 valence electrons. The van der Waals surface area contributed by atoms with Crippen molar-refractivity contribution in [3.63, 3.8) is 0 Å². The Labute approximate surface area is 69.1 Å². The van der Waals surface area contributed by atoms with E-state index in [0.717, 1.165) is 6.42 Å². The predicted molar refractivity (Wildman–Crippen MR) is 47.3 cm³/mol. The first-order chi connectivity index (χ1) is 4.90. The molecule has 0 saturated heterocycles. The molecule has 1 fully saturated rings. The van der Waals surface area contributed by atoms with Gasteiger partial charge in [-0.05, 0) is 38.0 Å². The van der Waals surface area contributed by atoms with E-state index in [2.05, 4.69) is 13.5 Å². The van der Waals surface area contributed by atoms with Crippen LogP contribution in [-0.2, 0) is 0 Å². The van der Waals surface area contributed by atoms with E-state index in [1.165, 1.54) is 6.42 Å². The maximum absolute atomic E-state index is 9.76. The quantitative estimate of drug-likeness (QED) is 0.605. The Morgan fingerprint density at radius 1 is 1.64 bits per heavy atom. The second kappa shape index (κ2) is 2.34. The molecule has 1 nitrogen and oxygen atoms in total. The van der Waals surface area contributed by atoms with Crippen molar-refractivity contribution < 1.29 is 5.11 Å². The Balaban J connectivity index is 2.70. The molecule has 1 saturated carbocycles. The van der Waals surface area contributed by atoms with Gasteiger partial charge in [0.15, 0.2) is 0 Å². The van der Waals surface area contributed by atoms with Crippen LogP contribution in [0.1, 0.15) is 33.6 Å². The van der Waals surface area contributed by atoms with E-state index in [9.17, 15) is 5.11 Å². The molecule has 0 aromatic carbocycles. The van der Waals surface area contributed by atoms with E-state index in [0.29, 0.717) is 5.92 Å². The minimum Gasteiger partial charge on any atom is -0.390 e. The standard InChI is InChI=1S/C10H18O/c1-5-10(4)7-6-8(10)9(2,3)11/h5,8,11H,1,6-7H2,2-4H3/t8-,10-/m0/s1. The molecule has 0 heterocycles. The maximum Gasteiger partial charge on any atom is 0.0627 e. The van der Waals surface area contributed by atoms with Gasteiger partial charge in [-0.3, -0.25) is 0 Å². The fourth-order valence-corrected chi connectivity index (χ4v) is 2.15. The summed E-state index contributed by atoms with van der Waals surface area (Å²) in [5.74, 6) is 0.396. The number of aliphatic hydroxyl groups is 1. The summed E-state index contributed by atoms with van der Waals surface area (Å²) in [5.41, 5.74) is -0.362. The van der Waals surface area contributed by atoms with Crippen molar-refractivity contribution in [2.45, 2.75) is 39.2 Å². The van der Waals surface area contributed by atoms with Crippen molar-refractivity contribution in [2.75, 3.05) is 0 Å². The van der Waals surface area contributed by atoms with E-state index in [1.807, 2.05) is 19.9 Å². The van der Waals surface area contributed by atoms with Gasteiger partial charge in [-0.2, -0.15) is 0 Å². The molecular weight excluding hydrogens is 136 g/mol. The SMILES string of the molecule is C=C[C@@]1(C)CC[C@H]1C(C)(C)O. The molecule has 0 radical (unpaired) electrons. The van der Waals surface area contributed by atoms with Crippen molar-refractivity contribution in [1.82, 2.24) is 0 Å². The van der Waals surface area contributed by atoms with Crippen LogP contribution in [0.3, 0.4) is 0 Å². The Morgan fingerprint density at radius 3 is 2.27 bits per heavy atom. The summed E-state index contributed by atoms with van der Waals surface area (Å²) < 4.78 is 0. The van der Waals surface area contributed by atoms with Crippen molar-refractivity contribution in [3.8, 4) is 0 Å². The van der Waals surface area contributed by atoms with Gasteiger partial charge >= 0.3 is 0 Å². The molecule has 0 amide bonds. The molecule has 11 heavy (non-hydrogen) atoms. The molecule has 0 spiro atoms. The van der Waals surface area contributed by atoms with Crippen LogP contribution in [0.4, 0.5) is 0 Å². The van der Waals surface area contributed by atoms with Gasteiger partial charge in [0.05, 0.1) is 5.60 Å². The summed E-state index contributed by atoms with van der Waals surface area (Å²) in [6.07, 6.45) is 4.29. The molecule has 0 aliphatic heterocycles. The van der Waals surface area contributed by atoms with Crippen molar-refractivity contribution in [2.24, 2.45) is 11.3 Å². The molecule has 1 aliphatic carbocycles. The minimum atomic E-state index is -0.540. The van der Waals surface area contributed by atoms with Crippen LogP contribution >= 0.6 is 0 Å². The third kappa shape index (κ3) is 1.34. The van der Waals surface area contributed by atoms with Crippen LogP contribution in [0.5, 0.6) is 0 Å². The number of hydrogen-bond donors (Lipinski definition) is 1. The molecule has 1 heteroatoms. The fraction of sp³-hybridized carbons (Fsp3) is 0.800. The van der Waals surface area contributed by atoms with Crippen LogP contribution in [-0.4, -0.2) is 10.7 Å². The average Bonchev–Trinajstić information content (AvgIpc) is 1.80. The van der Waals surface area contributed by atoms with Gasteiger partial charge in [0.1, 0.15) is 0 Å². The predicted octanol–water partition coefficient (Wildman–Crippen LogP) is 2.36. The van der Waals surface area contributed by atoms with Gasteiger partial charge in [0, 0.05) is 0 Å². The van der Waals surface area contributed by atoms with Gasteiger partial charge in [-0.25, -0.2) is 0 Å². The second-order valence-corrected chi connectivity index (χ2v) is 4.45. The van der Waals surface area contributed by atoms with Gasteiger partial charge < -0.3 is 5.11 Å². The van der Waals surface area contributed by atoms with E-state index in [1.54, 1.807) is 0 Å². The molecule has 1 aliphatic rings. The van der Waals surface area contributed by atoms with Crippen molar-refractivity contribution in [3.05, 3.63) is 12.7 Å². The van der Waals surface area contributed by atoms with Crippen LogP contribution in [0.15, 0.2) is 12.7 Å². The molecule has 2 atom stereocenters. The first kappa shape index (κ1) is 8.79. The van der Waals surface area contributed by atoms with E-state index in [-0.39, 0.29) is 5.41 Å². The summed E-state index contributed by atoms with van der Waals surface area (Å²) in [6.45, 7) is 9.75. The zero-order valence-corrected chi connectivity index (χ0v) is 7.72. The van der Waals surface area contributed by atoms with Crippen LogP contribution < -0.4 is 0 Å². The molecule has 1 N–H and O–H groups in total. The first-order valence-corrected chi connectivity index (χ1v) is 4.26. The number of allylic oxidation sites excluding steroid dienone is 1. The highest BCUT2D eigenvalue weighted by molar-refractivity contribution is 5.07. The topological polar surface area (TPSA) is 20.2 Å². The lowest BCUT2D eigenvalue weighted by atomic mass is 9.56. The summed E-state index contributed by atoms with van der Waals surface area (Å²) in [6, 6.07) is 0. The Hall–Kier alpha value is -0.300. The largest absolute Gasteiger partial charge is 0.390 e. The van der Waals surface area contributed by atoms with Crippen molar-refractivity contribution in [1.29, 1.82) is 0 Å². The first-order valence-electron chi connectivity index (χ1n) is 4.26. The highest BCUT2D eigenvalue weighted by atomic mass is 16.3. The summed E-state index contributed by atoms with van der Waals surface area (Å²) in [7, 11) is 0. The normalized spacial score (nSPS) is 38.0. The zero-order valence-electron chi connectivity index (χ0n) is 7.72. The van der Waals surface area contributed by atoms with Gasteiger partial charge in [0.2, 0.25) is 0 Å². The average molecular weight is 154 g/mol. The molecule has 1 rings (SSSR count). The van der Waals surface area contributed by atoms with E-state index < -0.39 is 5.60 Å². The molecule has 0 bridgehead atoms. The highest BCUT2D eigenvalue weighted by Crippen LogP contribution is 2.52. The van der Waals surface area contributed by atoms with Gasteiger partial charge in [0.25, 0.3) is 0 Å². The zero-order chi connectivity index (χ0) is 8.70. The van der Waals surface area contributed by atoms with Crippen molar-refractivity contribution >= 4 is 0 Å². The Kier molecular flexibility index (Phi) is 1.87. The lowest BCUT2D eigenvalue weighted by Gasteiger charge is -2.51. The Bertz CT molecular complexity index is 166. The highest BCUT2D eigenvalue weighted by Gasteiger charge is 2.47. The molecular formula is C10H18O. The molecule has 0 aromatic rings. The lowest BCUT2D eigenvalue weighted by molar-refractivity contribution is -0.0819. The third-order valence-corrected chi connectivity index (χ3v) is 3.09. The fourth-order valence-electron chi connectivity index (χ4n) is 2.15. The van der Waals surface area contributed by atoms with Gasteiger partial charge in [-0.15, -0.1) is 6.58 Å². The third-order valence-electron chi connectivity index (χ3n) is 3.09. The Morgan fingerprint density at radius 2 is 2.18 bits per heavy atom. The summed E-state index contributed by atoms with van der Waals surface area (Å²) in [4.78, 5) is 0. The van der Waals surface area contributed by atoms with Crippen LogP contribution in [0.25, 0.3) is 0 Å². The van der Waals surface area contributed by atoms with Gasteiger partial charge in [-0.1, -0.05) is 13.0 Å². The van der Waals surface area contributed by atoms with E-state index >= 15 is 0 Å². The summed E-state index contributed by atoms with van der Waals surface area (Å²) in [5, 5.41) is 9.76. The van der Waals surface area contributed by atoms with E-state index in [4.69, 9.17) is 0 Å². The second-order valence-electron chi connectivity index (χ2n) is 4.45. The van der Waals surface area contributed by atoms with Crippen LogP contribution in [0.2, 0.25) is 0 Å². The molecule has 0 unspecified atom stereocenters. The number of hydrogen-bond acceptors (Lipinski definition) is 1. The maximum atomic E-state index is 9.76. The summed E-state index contributed by atoms with van der Waals surface area (Å²) >= 11 is 0. The lowest BCUT2D eigenvalue weighted by Crippen LogP contribution is -2.48. The molecule has 0 aromatic heterocycles. The smallest absolute Gasteiger partial charge is 0.0627 e. The number of rotatable bonds is 2. The minimum absolute atomic E-state index is 0.179. The van der Waals surface area contributed by atoms with Crippen LogP contribution in [0, 0.1) is 11.3 Å².